The van der Waals surface area contributed by atoms with Gasteiger partial charge in [-0.15, -0.1) is 0 Å². The van der Waals surface area contributed by atoms with Crippen LogP contribution in [0.1, 0.15) is 39.1 Å². The molecule has 9 nitrogen and oxygen atoms in total. The van der Waals surface area contributed by atoms with E-state index in [4.69, 9.17) is 0 Å². The summed E-state index contributed by atoms with van der Waals surface area (Å²) in [4.78, 5) is 52.7. The highest BCUT2D eigenvalue weighted by Crippen LogP contribution is 2.28. The Morgan fingerprint density at radius 1 is 0.909 bits per heavy atom. The molecule has 2 saturated heterocycles. The lowest BCUT2D eigenvalue weighted by Crippen LogP contribution is -2.54. The van der Waals surface area contributed by atoms with Crippen LogP contribution in [0.5, 0.6) is 0 Å². The zero-order chi connectivity index (χ0) is 22.9. The number of imide groups is 2. The Labute approximate surface area is 191 Å². The molecule has 4 amide bonds. The van der Waals surface area contributed by atoms with Crippen molar-refractivity contribution in [1.29, 1.82) is 0 Å². The highest BCUT2D eigenvalue weighted by Gasteiger charge is 2.44. The van der Waals surface area contributed by atoms with Crippen LogP contribution < -0.4 is 20.9 Å². The number of fused-ring (bicyclic) bond motifs is 1. The predicted molar refractivity (Wildman–Crippen MR) is 122 cm³/mol. The first-order valence-corrected chi connectivity index (χ1v) is 11.2. The van der Waals surface area contributed by atoms with Crippen LogP contribution in [0.25, 0.3) is 0 Å². The molecule has 5 rings (SSSR count). The van der Waals surface area contributed by atoms with E-state index in [2.05, 4.69) is 33.0 Å². The normalized spacial score (nSPS) is 20.7. The summed E-state index contributed by atoms with van der Waals surface area (Å²) in [6.07, 6.45) is 0.251. The lowest BCUT2D eigenvalue weighted by Gasteiger charge is -2.29. The number of piperidine rings is 1. The third-order valence-electron chi connectivity index (χ3n) is 6.35. The number of anilines is 2. The van der Waals surface area contributed by atoms with Crippen molar-refractivity contribution in [2.45, 2.75) is 25.4 Å². The van der Waals surface area contributed by atoms with Gasteiger partial charge < -0.3 is 15.5 Å². The molecule has 0 bridgehead atoms. The summed E-state index contributed by atoms with van der Waals surface area (Å²) < 4.78 is 0. The van der Waals surface area contributed by atoms with Gasteiger partial charge in [0.2, 0.25) is 11.8 Å². The number of carbonyl (C=O) groups excluding carboxylic acids is 4. The van der Waals surface area contributed by atoms with Gasteiger partial charge in [0, 0.05) is 50.5 Å². The van der Waals surface area contributed by atoms with Crippen molar-refractivity contribution in [3.63, 3.8) is 0 Å². The zero-order valence-electron chi connectivity index (χ0n) is 18.1. The monoisotopic (exact) mass is 447 g/mol. The maximum atomic E-state index is 13.0. The Hall–Kier alpha value is -3.72. The Balaban J connectivity index is 1.26. The number of carbonyl (C=O) groups is 4. The molecule has 0 spiro atoms. The summed E-state index contributed by atoms with van der Waals surface area (Å²) >= 11 is 0. The molecule has 33 heavy (non-hydrogen) atoms. The Morgan fingerprint density at radius 2 is 1.64 bits per heavy atom. The summed E-state index contributed by atoms with van der Waals surface area (Å²) in [6, 6.07) is 12.4. The summed E-state index contributed by atoms with van der Waals surface area (Å²) in [7, 11) is 0. The molecule has 0 aromatic heterocycles. The van der Waals surface area contributed by atoms with Gasteiger partial charge in [-0.1, -0.05) is 6.07 Å². The van der Waals surface area contributed by atoms with E-state index in [1.807, 2.05) is 12.1 Å². The van der Waals surface area contributed by atoms with Gasteiger partial charge in [-0.3, -0.25) is 29.4 Å². The third kappa shape index (κ3) is 4.07. The second-order valence-corrected chi connectivity index (χ2v) is 8.46. The van der Waals surface area contributed by atoms with E-state index in [0.717, 1.165) is 42.3 Å². The van der Waals surface area contributed by atoms with Gasteiger partial charge >= 0.3 is 0 Å². The lowest BCUT2D eigenvalue weighted by atomic mass is 10.0. The molecule has 9 heteroatoms. The highest BCUT2D eigenvalue weighted by molar-refractivity contribution is 6.23. The molecule has 3 N–H and O–H groups in total. The number of hydrogen-bond acceptors (Lipinski definition) is 7. The van der Waals surface area contributed by atoms with E-state index >= 15 is 0 Å². The van der Waals surface area contributed by atoms with E-state index in [1.165, 1.54) is 5.69 Å². The van der Waals surface area contributed by atoms with Crippen molar-refractivity contribution < 1.29 is 19.2 Å². The maximum absolute atomic E-state index is 13.0. The maximum Gasteiger partial charge on any atom is 0.262 e. The van der Waals surface area contributed by atoms with Gasteiger partial charge in [0.05, 0.1) is 11.1 Å². The van der Waals surface area contributed by atoms with E-state index in [1.54, 1.807) is 18.2 Å². The van der Waals surface area contributed by atoms with E-state index in [0.29, 0.717) is 6.54 Å². The number of rotatable bonds is 5. The molecular formula is C24H25N5O4. The van der Waals surface area contributed by atoms with Gasteiger partial charge in [-0.2, -0.15) is 0 Å². The molecule has 1 unspecified atom stereocenters. The molecule has 3 aliphatic rings. The summed E-state index contributed by atoms with van der Waals surface area (Å²) in [5.41, 5.74) is 3.58. The molecule has 170 valence electrons. The first kappa shape index (κ1) is 21.1. The average molecular weight is 447 g/mol. The number of piperazine rings is 1. The van der Waals surface area contributed by atoms with E-state index < -0.39 is 23.8 Å². The first-order valence-electron chi connectivity index (χ1n) is 11.2. The fourth-order valence-corrected chi connectivity index (χ4v) is 4.55. The van der Waals surface area contributed by atoms with Crippen molar-refractivity contribution in [3.05, 3.63) is 59.2 Å². The molecule has 2 fully saturated rings. The molecule has 2 aromatic carbocycles. The molecule has 0 aliphatic carbocycles. The standard InChI is InChI=1S/C24H25N5O4/c30-21-8-7-20(22(31)27-21)29-23(32)18-6-1-15(13-19(18)24(29)33)14-26-16-2-4-17(5-3-16)28-11-9-25-10-12-28/h1-6,13,20,25-26H,7-12,14H2,(H,27,30,31). The zero-order valence-corrected chi connectivity index (χ0v) is 18.1. The van der Waals surface area contributed by atoms with Gasteiger partial charge in [0.25, 0.3) is 11.8 Å². The molecule has 1 atom stereocenters. The van der Waals surface area contributed by atoms with Crippen LogP contribution in [0.3, 0.4) is 0 Å². The van der Waals surface area contributed by atoms with Crippen molar-refractivity contribution in [3.8, 4) is 0 Å². The Bertz CT molecular complexity index is 1120. The largest absolute Gasteiger partial charge is 0.381 e. The minimum Gasteiger partial charge on any atom is -0.381 e. The summed E-state index contributed by atoms with van der Waals surface area (Å²) in [5, 5.41) is 8.91. The molecule has 2 aromatic rings. The van der Waals surface area contributed by atoms with Crippen LogP contribution in [0.2, 0.25) is 0 Å². The molecular weight excluding hydrogens is 422 g/mol. The SMILES string of the molecule is O=C1CCC(N2C(=O)c3ccc(CNc4ccc(N5CCNCC5)cc4)cc3C2=O)C(=O)N1. The van der Waals surface area contributed by atoms with Gasteiger partial charge in [-0.05, 0) is 48.4 Å². The van der Waals surface area contributed by atoms with Crippen LogP contribution in [0.15, 0.2) is 42.5 Å². The van der Waals surface area contributed by atoms with Crippen molar-refractivity contribution in [2.24, 2.45) is 0 Å². The summed E-state index contributed by atoms with van der Waals surface area (Å²) in [5.74, 6) is -1.98. The van der Waals surface area contributed by atoms with Crippen molar-refractivity contribution >= 4 is 35.0 Å². The fraction of sp³-hybridized carbons (Fsp3) is 0.333. The minimum atomic E-state index is -0.953. The predicted octanol–water partition coefficient (Wildman–Crippen LogP) is 1.11. The van der Waals surface area contributed by atoms with Gasteiger partial charge in [0.1, 0.15) is 6.04 Å². The number of benzene rings is 2. The van der Waals surface area contributed by atoms with Crippen LogP contribution in [-0.2, 0) is 16.1 Å². The lowest BCUT2D eigenvalue weighted by molar-refractivity contribution is -0.136. The van der Waals surface area contributed by atoms with Crippen molar-refractivity contribution in [2.75, 3.05) is 36.4 Å². The number of nitrogens with one attached hydrogen (secondary N) is 3. The number of nitrogens with zero attached hydrogens (tertiary/aromatic N) is 2. The number of hydrogen-bond donors (Lipinski definition) is 3. The first-order chi connectivity index (χ1) is 16.0. The average Bonchev–Trinajstić information content (AvgIpc) is 3.08. The van der Waals surface area contributed by atoms with Crippen molar-refractivity contribution in [1.82, 2.24) is 15.5 Å². The molecule has 0 saturated carbocycles. The van der Waals surface area contributed by atoms with Crippen LogP contribution in [-0.4, -0.2) is 60.7 Å². The van der Waals surface area contributed by atoms with Crippen LogP contribution in [0, 0.1) is 0 Å². The van der Waals surface area contributed by atoms with E-state index in [-0.39, 0.29) is 29.9 Å². The smallest absolute Gasteiger partial charge is 0.262 e. The minimum absolute atomic E-state index is 0.104. The second-order valence-electron chi connectivity index (χ2n) is 8.46. The molecule has 3 aliphatic heterocycles. The molecule has 0 radical (unpaired) electrons. The quantitative estimate of drug-likeness (QED) is 0.589. The van der Waals surface area contributed by atoms with Gasteiger partial charge in [0.15, 0.2) is 0 Å². The van der Waals surface area contributed by atoms with Crippen LogP contribution in [0.4, 0.5) is 11.4 Å². The second kappa shape index (κ2) is 8.67. The van der Waals surface area contributed by atoms with Gasteiger partial charge in [-0.25, -0.2) is 0 Å². The van der Waals surface area contributed by atoms with Crippen LogP contribution >= 0.6 is 0 Å². The topological polar surface area (TPSA) is 111 Å². The Kier molecular flexibility index (Phi) is 5.55. The highest BCUT2D eigenvalue weighted by atomic mass is 16.2. The fourth-order valence-electron chi connectivity index (χ4n) is 4.55. The Morgan fingerprint density at radius 3 is 2.36 bits per heavy atom. The third-order valence-corrected chi connectivity index (χ3v) is 6.35. The van der Waals surface area contributed by atoms with E-state index in [9.17, 15) is 19.2 Å². The molecule has 3 heterocycles. The summed E-state index contributed by atoms with van der Waals surface area (Å²) in [6.45, 7) is 4.44. The number of amides is 4.